The second-order valence-electron chi connectivity index (χ2n) is 4.52. The van der Waals surface area contributed by atoms with Crippen LogP contribution in [0.25, 0.3) is 0 Å². The van der Waals surface area contributed by atoms with E-state index in [1.807, 2.05) is 17.9 Å². The van der Waals surface area contributed by atoms with Crippen molar-refractivity contribution >= 4 is 5.69 Å². The fourth-order valence-electron chi connectivity index (χ4n) is 2.08. The van der Waals surface area contributed by atoms with Crippen LogP contribution in [0.3, 0.4) is 0 Å². The Balaban J connectivity index is 2.27. The van der Waals surface area contributed by atoms with Crippen molar-refractivity contribution in [1.29, 1.82) is 5.26 Å². The van der Waals surface area contributed by atoms with Gasteiger partial charge in [-0.3, -0.25) is 0 Å². The molecule has 0 saturated carbocycles. The molecule has 0 spiro atoms. The van der Waals surface area contributed by atoms with Gasteiger partial charge in [0.1, 0.15) is 5.82 Å². The Bertz CT molecular complexity index is 456. The minimum absolute atomic E-state index is 0.295. The van der Waals surface area contributed by atoms with Gasteiger partial charge in [-0.1, -0.05) is 0 Å². The number of rotatable bonds is 1. The van der Waals surface area contributed by atoms with Gasteiger partial charge in [0, 0.05) is 26.2 Å². The first-order chi connectivity index (χ1) is 8.11. The van der Waals surface area contributed by atoms with Crippen molar-refractivity contribution in [2.24, 2.45) is 0 Å². The molecule has 1 aliphatic rings. The molecule has 0 bridgehead atoms. The number of nitrogens with zero attached hydrogens (tertiary/aromatic N) is 3. The van der Waals surface area contributed by atoms with Crippen LogP contribution in [0.15, 0.2) is 12.1 Å². The largest absolute Gasteiger partial charge is 0.367 e. The molecule has 1 fully saturated rings. The van der Waals surface area contributed by atoms with Crippen LogP contribution in [0, 0.1) is 24.1 Å². The molecule has 0 radical (unpaired) electrons. The third-order valence-corrected chi connectivity index (χ3v) is 3.26. The van der Waals surface area contributed by atoms with Crippen molar-refractivity contribution in [3.05, 3.63) is 29.1 Å². The topological polar surface area (TPSA) is 30.3 Å². The van der Waals surface area contributed by atoms with Gasteiger partial charge in [0.25, 0.3) is 0 Å². The van der Waals surface area contributed by atoms with E-state index >= 15 is 0 Å². The lowest BCUT2D eigenvalue weighted by atomic mass is 10.1. The summed E-state index contributed by atoms with van der Waals surface area (Å²) in [5, 5.41) is 8.84. The van der Waals surface area contributed by atoms with Gasteiger partial charge < -0.3 is 9.80 Å². The summed E-state index contributed by atoms with van der Waals surface area (Å²) in [6, 6.07) is 5.12. The summed E-state index contributed by atoms with van der Waals surface area (Å²) < 4.78 is 13.9. The molecular formula is C13H16FN3. The molecule has 0 amide bonds. The molecule has 1 aromatic carbocycles. The summed E-state index contributed by atoms with van der Waals surface area (Å²) in [6.45, 7) is 5.39. The standard InChI is InChI=1S/C13H16FN3/c1-10-7-13(12(14)8-11(10)9-15)17-5-3-16(2)4-6-17/h7-8H,3-6H2,1-2H3. The zero-order valence-corrected chi connectivity index (χ0v) is 10.2. The third-order valence-electron chi connectivity index (χ3n) is 3.26. The summed E-state index contributed by atoms with van der Waals surface area (Å²) in [5.41, 5.74) is 1.87. The van der Waals surface area contributed by atoms with Crippen LogP contribution in [-0.2, 0) is 0 Å². The van der Waals surface area contributed by atoms with Gasteiger partial charge in [0.2, 0.25) is 0 Å². The normalized spacial score (nSPS) is 16.9. The van der Waals surface area contributed by atoms with E-state index in [1.54, 1.807) is 6.07 Å². The first kappa shape index (κ1) is 11.9. The maximum absolute atomic E-state index is 13.9. The van der Waals surface area contributed by atoms with E-state index in [0.717, 1.165) is 31.7 Å². The van der Waals surface area contributed by atoms with Gasteiger partial charge in [0.05, 0.1) is 17.3 Å². The van der Waals surface area contributed by atoms with Crippen molar-refractivity contribution in [1.82, 2.24) is 4.90 Å². The van der Waals surface area contributed by atoms with Gasteiger partial charge >= 0.3 is 0 Å². The Morgan fingerprint density at radius 2 is 1.88 bits per heavy atom. The molecule has 1 aromatic rings. The van der Waals surface area contributed by atoms with Crippen LogP contribution in [0.2, 0.25) is 0 Å². The predicted octanol–water partition coefficient (Wildman–Crippen LogP) is 1.76. The number of hydrogen-bond acceptors (Lipinski definition) is 3. The van der Waals surface area contributed by atoms with Crippen molar-refractivity contribution in [3.8, 4) is 6.07 Å². The Kier molecular flexibility index (Phi) is 3.30. The molecular weight excluding hydrogens is 217 g/mol. The highest BCUT2D eigenvalue weighted by molar-refractivity contribution is 5.55. The zero-order chi connectivity index (χ0) is 12.4. The molecule has 0 aliphatic carbocycles. The average Bonchev–Trinajstić information content (AvgIpc) is 2.33. The number of piperazine rings is 1. The molecule has 1 aliphatic heterocycles. The Morgan fingerprint density at radius 3 is 2.47 bits per heavy atom. The zero-order valence-electron chi connectivity index (χ0n) is 10.2. The van der Waals surface area contributed by atoms with Crippen LogP contribution in [-0.4, -0.2) is 38.1 Å². The summed E-state index contributed by atoms with van der Waals surface area (Å²) in [5.74, 6) is -0.295. The molecule has 4 heteroatoms. The molecule has 17 heavy (non-hydrogen) atoms. The van der Waals surface area contributed by atoms with Crippen LogP contribution >= 0.6 is 0 Å². The third kappa shape index (κ3) is 2.40. The lowest BCUT2D eigenvalue weighted by molar-refractivity contribution is 0.311. The molecule has 0 N–H and O–H groups in total. The molecule has 1 saturated heterocycles. The highest BCUT2D eigenvalue weighted by atomic mass is 19.1. The average molecular weight is 233 g/mol. The van der Waals surface area contributed by atoms with E-state index < -0.39 is 0 Å². The van der Waals surface area contributed by atoms with E-state index in [-0.39, 0.29) is 5.82 Å². The number of likely N-dealkylation sites (N-methyl/N-ethyl adjacent to an activating group) is 1. The van der Waals surface area contributed by atoms with E-state index in [9.17, 15) is 4.39 Å². The van der Waals surface area contributed by atoms with E-state index in [2.05, 4.69) is 11.9 Å². The van der Waals surface area contributed by atoms with E-state index in [0.29, 0.717) is 11.3 Å². The number of benzene rings is 1. The van der Waals surface area contributed by atoms with Gasteiger partial charge in [-0.15, -0.1) is 0 Å². The van der Waals surface area contributed by atoms with Crippen LogP contribution in [0.5, 0.6) is 0 Å². The highest BCUT2D eigenvalue weighted by Crippen LogP contribution is 2.24. The number of hydrogen-bond donors (Lipinski definition) is 0. The van der Waals surface area contributed by atoms with Gasteiger partial charge in [-0.05, 0) is 31.7 Å². The second kappa shape index (κ2) is 4.72. The summed E-state index contributed by atoms with van der Waals surface area (Å²) in [7, 11) is 2.07. The van der Waals surface area contributed by atoms with E-state index in [4.69, 9.17) is 5.26 Å². The monoisotopic (exact) mass is 233 g/mol. The van der Waals surface area contributed by atoms with Crippen LogP contribution in [0.1, 0.15) is 11.1 Å². The Hall–Kier alpha value is -1.60. The lowest BCUT2D eigenvalue weighted by Crippen LogP contribution is -2.44. The predicted molar refractivity (Wildman–Crippen MR) is 65.6 cm³/mol. The van der Waals surface area contributed by atoms with E-state index in [1.165, 1.54) is 6.07 Å². The number of aryl methyl sites for hydroxylation is 1. The van der Waals surface area contributed by atoms with Crippen molar-refractivity contribution in [2.45, 2.75) is 6.92 Å². The summed E-state index contributed by atoms with van der Waals surface area (Å²) in [4.78, 5) is 4.27. The van der Waals surface area contributed by atoms with Gasteiger partial charge in [-0.25, -0.2) is 4.39 Å². The minimum atomic E-state index is -0.295. The molecule has 0 unspecified atom stereocenters. The van der Waals surface area contributed by atoms with Gasteiger partial charge in [0.15, 0.2) is 0 Å². The maximum atomic E-state index is 13.9. The number of nitriles is 1. The second-order valence-corrected chi connectivity index (χ2v) is 4.52. The minimum Gasteiger partial charge on any atom is -0.367 e. The summed E-state index contributed by atoms with van der Waals surface area (Å²) in [6.07, 6.45) is 0. The van der Waals surface area contributed by atoms with Gasteiger partial charge in [-0.2, -0.15) is 5.26 Å². The first-order valence-electron chi connectivity index (χ1n) is 5.75. The summed E-state index contributed by atoms with van der Waals surface area (Å²) >= 11 is 0. The Labute approximate surface area is 101 Å². The van der Waals surface area contributed by atoms with Crippen molar-refractivity contribution in [2.75, 3.05) is 38.1 Å². The van der Waals surface area contributed by atoms with Crippen LogP contribution in [0.4, 0.5) is 10.1 Å². The molecule has 3 nitrogen and oxygen atoms in total. The molecule has 0 atom stereocenters. The van der Waals surface area contributed by atoms with Crippen molar-refractivity contribution < 1.29 is 4.39 Å². The van der Waals surface area contributed by atoms with Crippen LogP contribution < -0.4 is 4.90 Å². The number of halogens is 1. The quantitative estimate of drug-likeness (QED) is 0.740. The highest BCUT2D eigenvalue weighted by Gasteiger charge is 2.18. The smallest absolute Gasteiger partial charge is 0.147 e. The van der Waals surface area contributed by atoms with Crippen molar-refractivity contribution in [3.63, 3.8) is 0 Å². The molecule has 90 valence electrons. The SMILES string of the molecule is Cc1cc(N2CCN(C)CC2)c(F)cc1C#N. The Morgan fingerprint density at radius 1 is 1.24 bits per heavy atom. The maximum Gasteiger partial charge on any atom is 0.147 e. The molecule has 0 aromatic heterocycles. The fraction of sp³-hybridized carbons (Fsp3) is 0.462. The number of anilines is 1. The fourth-order valence-corrected chi connectivity index (χ4v) is 2.08. The first-order valence-corrected chi connectivity index (χ1v) is 5.75. The molecule has 2 rings (SSSR count). The lowest BCUT2D eigenvalue weighted by Gasteiger charge is -2.34. The molecule has 1 heterocycles.